The third-order valence-electron chi connectivity index (χ3n) is 3.72. The second-order valence-electron chi connectivity index (χ2n) is 5.72. The molecule has 1 N–H and O–H groups in total. The van der Waals surface area contributed by atoms with E-state index < -0.39 is 0 Å². The minimum absolute atomic E-state index is 0.175. The first-order valence-corrected chi connectivity index (χ1v) is 10.4. The molecule has 1 fully saturated rings. The fourth-order valence-electron chi connectivity index (χ4n) is 2.43. The minimum Gasteiger partial charge on any atom is -0.445 e. The predicted molar refractivity (Wildman–Crippen MR) is 96.1 cm³/mol. The molecule has 1 aromatic carbocycles. The van der Waals surface area contributed by atoms with Crippen molar-refractivity contribution in [3.63, 3.8) is 0 Å². The molecule has 2 rings (SSSR count). The van der Waals surface area contributed by atoms with E-state index in [1.165, 1.54) is 31.4 Å². The highest BCUT2D eigenvalue weighted by Crippen LogP contribution is 2.39. The molecule has 2 atom stereocenters. The Morgan fingerprint density at radius 2 is 2.18 bits per heavy atom. The number of carbonyl (C=O) groups excluding carboxylic acids is 1. The van der Waals surface area contributed by atoms with Crippen molar-refractivity contribution in [2.24, 2.45) is 0 Å². The van der Waals surface area contributed by atoms with Crippen LogP contribution < -0.4 is 5.32 Å². The van der Waals surface area contributed by atoms with E-state index in [2.05, 4.69) is 5.32 Å². The van der Waals surface area contributed by atoms with Gasteiger partial charge < -0.3 is 10.1 Å². The monoisotopic (exact) mass is 339 g/mol. The van der Waals surface area contributed by atoms with Crippen LogP contribution >= 0.6 is 21.6 Å². The smallest absolute Gasteiger partial charge is 0.407 e. The van der Waals surface area contributed by atoms with Crippen LogP contribution in [0.25, 0.3) is 0 Å². The third kappa shape index (κ3) is 6.97. The molecule has 5 heteroatoms. The average Bonchev–Trinajstić information content (AvgIpc) is 3.04. The fourth-order valence-corrected chi connectivity index (χ4v) is 5.45. The number of rotatable bonds is 8. The van der Waals surface area contributed by atoms with E-state index in [0.717, 1.165) is 17.2 Å². The van der Waals surface area contributed by atoms with Crippen LogP contribution in [0.1, 0.15) is 44.6 Å². The van der Waals surface area contributed by atoms with E-state index in [-0.39, 0.29) is 12.1 Å². The number of hydrogen-bond acceptors (Lipinski definition) is 4. The number of benzene rings is 1. The molecule has 1 unspecified atom stereocenters. The lowest BCUT2D eigenvalue weighted by Gasteiger charge is -2.14. The van der Waals surface area contributed by atoms with Crippen LogP contribution in [0.2, 0.25) is 0 Å². The van der Waals surface area contributed by atoms with Crippen LogP contribution in [-0.4, -0.2) is 23.1 Å². The lowest BCUT2D eigenvalue weighted by atomic mass is 10.1. The molecule has 1 aliphatic rings. The van der Waals surface area contributed by atoms with Crippen LogP contribution in [0.5, 0.6) is 0 Å². The molecule has 1 aromatic rings. The number of unbranched alkanes of at least 4 members (excludes halogenated alkanes) is 1. The van der Waals surface area contributed by atoms with E-state index in [4.69, 9.17) is 4.74 Å². The van der Waals surface area contributed by atoms with Gasteiger partial charge in [-0.3, -0.25) is 0 Å². The van der Waals surface area contributed by atoms with Crippen LogP contribution in [0.3, 0.4) is 0 Å². The summed E-state index contributed by atoms with van der Waals surface area (Å²) in [6, 6.07) is 9.93. The lowest BCUT2D eigenvalue weighted by Crippen LogP contribution is -2.32. The molecule has 0 radical (unpaired) electrons. The lowest BCUT2D eigenvalue weighted by molar-refractivity contribution is 0.136. The summed E-state index contributed by atoms with van der Waals surface area (Å²) in [5, 5.41) is 3.76. The highest BCUT2D eigenvalue weighted by molar-refractivity contribution is 8.77. The summed E-state index contributed by atoms with van der Waals surface area (Å²) in [5.74, 6) is 1.31. The number of alkyl carbamates (subject to hydrolysis) is 1. The maximum absolute atomic E-state index is 11.7. The van der Waals surface area contributed by atoms with Crippen molar-refractivity contribution in [3.8, 4) is 0 Å². The van der Waals surface area contributed by atoms with Crippen LogP contribution in [0.4, 0.5) is 4.79 Å². The number of ether oxygens (including phenoxy) is 1. The molecule has 0 bridgehead atoms. The van der Waals surface area contributed by atoms with Gasteiger partial charge in [0.2, 0.25) is 0 Å². The topological polar surface area (TPSA) is 38.3 Å². The number of carbonyl (C=O) groups is 1. The molecule has 1 amide bonds. The molecule has 1 saturated heterocycles. The molecule has 3 nitrogen and oxygen atoms in total. The summed E-state index contributed by atoms with van der Waals surface area (Å²) in [6.45, 7) is 2.37. The number of amides is 1. The Morgan fingerprint density at radius 3 is 2.91 bits per heavy atom. The maximum Gasteiger partial charge on any atom is 0.407 e. The standard InChI is InChI=1S/C17H25NO2S2/c1-14(7-5-6-10-16-11-12-21-22-16)18-17(19)20-13-15-8-3-2-4-9-15/h2-4,8-9,14,16H,5-7,10-13H2,1H3,(H,18,19)/t14?,16-/m0/s1. The van der Waals surface area contributed by atoms with E-state index in [1.807, 2.05) is 58.8 Å². The zero-order chi connectivity index (χ0) is 15.6. The van der Waals surface area contributed by atoms with Crippen LogP contribution in [-0.2, 0) is 11.3 Å². The quantitative estimate of drug-likeness (QED) is 0.533. The first-order chi connectivity index (χ1) is 10.7. The van der Waals surface area contributed by atoms with Gasteiger partial charge in [0.15, 0.2) is 0 Å². The van der Waals surface area contributed by atoms with Crippen molar-refractivity contribution in [1.82, 2.24) is 5.32 Å². The van der Waals surface area contributed by atoms with Gasteiger partial charge in [-0.15, -0.1) is 0 Å². The Labute approximate surface area is 141 Å². The molecule has 1 aliphatic heterocycles. The summed E-state index contributed by atoms with van der Waals surface area (Å²) >= 11 is 0. The fraction of sp³-hybridized carbons (Fsp3) is 0.588. The van der Waals surface area contributed by atoms with Crippen molar-refractivity contribution in [2.45, 2.75) is 56.9 Å². The summed E-state index contributed by atoms with van der Waals surface area (Å²) in [4.78, 5) is 11.7. The second kappa shape index (κ2) is 10.1. The number of nitrogens with one attached hydrogen (secondary N) is 1. The average molecular weight is 340 g/mol. The highest BCUT2D eigenvalue weighted by atomic mass is 33.1. The molecular formula is C17H25NO2S2. The molecule has 0 aromatic heterocycles. The Balaban J connectivity index is 1.52. The van der Waals surface area contributed by atoms with Gasteiger partial charge >= 0.3 is 6.09 Å². The van der Waals surface area contributed by atoms with Gasteiger partial charge in [0.1, 0.15) is 6.61 Å². The second-order valence-corrected chi connectivity index (χ2v) is 8.51. The van der Waals surface area contributed by atoms with E-state index in [0.29, 0.717) is 6.61 Å². The molecule has 0 saturated carbocycles. The summed E-state index contributed by atoms with van der Waals surface area (Å²) in [7, 11) is 4.04. The van der Waals surface area contributed by atoms with Crippen molar-refractivity contribution >= 4 is 27.7 Å². The van der Waals surface area contributed by atoms with Crippen LogP contribution in [0, 0.1) is 0 Å². The van der Waals surface area contributed by atoms with Gasteiger partial charge in [0.25, 0.3) is 0 Å². The number of hydrogen-bond donors (Lipinski definition) is 1. The zero-order valence-corrected chi connectivity index (χ0v) is 14.8. The predicted octanol–water partition coefficient (Wildman–Crippen LogP) is 5.02. The SMILES string of the molecule is CC(CCCC[C@H]1CCSS1)NC(=O)OCc1ccccc1. The molecule has 0 aliphatic carbocycles. The van der Waals surface area contributed by atoms with Gasteiger partial charge in [-0.25, -0.2) is 4.79 Å². The largest absolute Gasteiger partial charge is 0.445 e. The normalized spacial score (nSPS) is 18.9. The third-order valence-corrected chi connectivity index (χ3v) is 6.72. The van der Waals surface area contributed by atoms with E-state index >= 15 is 0 Å². The molecule has 1 heterocycles. The van der Waals surface area contributed by atoms with Crippen molar-refractivity contribution in [2.75, 3.05) is 5.75 Å². The molecule has 22 heavy (non-hydrogen) atoms. The van der Waals surface area contributed by atoms with Gasteiger partial charge in [0, 0.05) is 17.0 Å². The van der Waals surface area contributed by atoms with Gasteiger partial charge in [-0.05, 0) is 31.7 Å². The van der Waals surface area contributed by atoms with Crippen LogP contribution in [0.15, 0.2) is 30.3 Å². The minimum atomic E-state index is -0.320. The maximum atomic E-state index is 11.7. The van der Waals surface area contributed by atoms with Crippen molar-refractivity contribution in [3.05, 3.63) is 35.9 Å². The van der Waals surface area contributed by atoms with Gasteiger partial charge in [0.05, 0.1) is 0 Å². The molecular weight excluding hydrogens is 314 g/mol. The highest BCUT2D eigenvalue weighted by Gasteiger charge is 2.16. The van der Waals surface area contributed by atoms with Crippen molar-refractivity contribution < 1.29 is 9.53 Å². The summed E-state index contributed by atoms with van der Waals surface area (Å²) in [5.41, 5.74) is 1.01. The van der Waals surface area contributed by atoms with E-state index in [9.17, 15) is 4.79 Å². The summed E-state index contributed by atoms with van der Waals surface area (Å²) in [6.07, 6.45) is 5.78. The Bertz CT molecular complexity index is 436. The molecule has 0 spiro atoms. The first kappa shape index (κ1) is 17.5. The molecule has 122 valence electrons. The van der Waals surface area contributed by atoms with Gasteiger partial charge in [-0.1, -0.05) is 64.8 Å². The van der Waals surface area contributed by atoms with Crippen molar-refractivity contribution in [1.29, 1.82) is 0 Å². The van der Waals surface area contributed by atoms with E-state index in [1.54, 1.807) is 0 Å². The Kier molecular flexibility index (Phi) is 8.02. The Hall–Kier alpha value is -0.810. The Morgan fingerprint density at radius 1 is 1.36 bits per heavy atom. The first-order valence-electron chi connectivity index (χ1n) is 7.99. The zero-order valence-electron chi connectivity index (χ0n) is 13.1. The summed E-state index contributed by atoms with van der Waals surface area (Å²) < 4.78 is 5.23. The van der Waals surface area contributed by atoms with Gasteiger partial charge in [-0.2, -0.15) is 0 Å².